The summed E-state index contributed by atoms with van der Waals surface area (Å²) in [5, 5.41) is 11.1. The highest BCUT2D eigenvalue weighted by Crippen LogP contribution is 2.27. The van der Waals surface area contributed by atoms with Crippen LogP contribution in [-0.2, 0) is 6.42 Å². The summed E-state index contributed by atoms with van der Waals surface area (Å²) in [5.74, 6) is 0.167. The molecular weight excluding hydrogens is 433 g/mol. The van der Waals surface area contributed by atoms with E-state index in [1.807, 2.05) is 0 Å². The Hall–Kier alpha value is -0.910. The topological polar surface area (TPSA) is 20.2 Å². The van der Waals surface area contributed by atoms with Crippen molar-refractivity contribution < 1.29 is 33.6 Å². The second kappa shape index (κ2) is 10.4. The number of benzene rings is 2. The van der Waals surface area contributed by atoms with Gasteiger partial charge in [-0.2, -0.15) is 0 Å². The lowest BCUT2D eigenvalue weighted by Crippen LogP contribution is -3.00. The van der Waals surface area contributed by atoms with Crippen molar-refractivity contribution in [3.8, 4) is 0 Å². The van der Waals surface area contributed by atoms with Gasteiger partial charge in [0.25, 0.3) is 0 Å². The second-order valence-corrected chi connectivity index (χ2v) is 7.91. The maximum atomic E-state index is 11.1. The summed E-state index contributed by atoms with van der Waals surface area (Å²) in [5.41, 5.74) is 2.55. The van der Waals surface area contributed by atoms with Crippen LogP contribution in [0.15, 0.2) is 60.7 Å². The maximum Gasteiger partial charge on any atom is 0.0809 e. The number of likely N-dealkylation sites (tertiary alicyclic amines) is 1. The van der Waals surface area contributed by atoms with Crippen LogP contribution in [0.1, 0.15) is 42.7 Å². The van der Waals surface area contributed by atoms with Gasteiger partial charge in [-0.1, -0.05) is 60.7 Å². The van der Waals surface area contributed by atoms with Crippen molar-refractivity contribution in [3.63, 3.8) is 0 Å². The minimum Gasteiger partial charge on any atom is -1.00 e. The van der Waals surface area contributed by atoms with Gasteiger partial charge in [0.15, 0.2) is 0 Å². The lowest BCUT2D eigenvalue weighted by Gasteiger charge is -2.39. The number of rotatable bonds is 7. The Morgan fingerprint density at radius 1 is 0.885 bits per heavy atom. The number of aliphatic hydroxyl groups is 1. The zero-order valence-corrected chi connectivity index (χ0v) is 18.0. The normalized spacial score (nSPS) is 18.5. The predicted molar refractivity (Wildman–Crippen MR) is 105 cm³/mol. The first kappa shape index (κ1) is 21.4. The van der Waals surface area contributed by atoms with Crippen LogP contribution in [0, 0.1) is 0 Å². The molecule has 1 fully saturated rings. The molecule has 142 valence electrons. The smallest absolute Gasteiger partial charge is 0.0809 e. The monoisotopic (exact) mass is 465 g/mol. The van der Waals surface area contributed by atoms with E-state index in [2.05, 4.69) is 67.7 Å². The minimum absolute atomic E-state index is 0. The third-order valence-corrected chi connectivity index (χ3v) is 5.85. The van der Waals surface area contributed by atoms with Gasteiger partial charge in [-0.05, 0) is 36.8 Å². The Bertz CT molecular complexity index is 625. The summed E-state index contributed by atoms with van der Waals surface area (Å²) < 4.78 is 1.13. The second-order valence-electron chi connectivity index (χ2n) is 7.91. The van der Waals surface area contributed by atoms with Crippen LogP contribution in [0.5, 0.6) is 0 Å². The van der Waals surface area contributed by atoms with E-state index in [1.54, 1.807) is 0 Å². The van der Waals surface area contributed by atoms with Crippen molar-refractivity contribution >= 4 is 0 Å². The molecule has 1 aliphatic heterocycles. The molecule has 26 heavy (non-hydrogen) atoms. The number of nitrogens with zero attached hydrogens (tertiary/aromatic N) is 1. The molecule has 2 nitrogen and oxygen atoms in total. The SMILES string of the molecule is C[N+]1(CCC(O)C(Cc2ccccc2)c2ccccc2)CCCCC1.[I-]. The first-order valence-corrected chi connectivity index (χ1v) is 9.77. The molecule has 2 atom stereocenters. The molecule has 0 spiro atoms. The number of halogens is 1. The van der Waals surface area contributed by atoms with E-state index in [4.69, 9.17) is 0 Å². The lowest BCUT2D eigenvalue weighted by atomic mass is 9.86. The standard InChI is InChI=1S/C23H32NO.HI/c1-24(16-9-4-10-17-24)18-15-23(25)22(21-13-7-3-8-14-21)19-20-11-5-2-6-12-20;/h2-3,5-8,11-14,22-23,25H,4,9-10,15-19H2,1H3;1H/q+1;/p-1. The molecule has 2 aromatic rings. The fourth-order valence-corrected chi connectivity index (χ4v) is 4.19. The number of hydrogen-bond acceptors (Lipinski definition) is 1. The number of piperidine rings is 1. The van der Waals surface area contributed by atoms with Gasteiger partial charge < -0.3 is 33.6 Å². The molecule has 1 aliphatic rings. The van der Waals surface area contributed by atoms with Crippen molar-refractivity contribution in [1.29, 1.82) is 0 Å². The first-order valence-electron chi connectivity index (χ1n) is 9.77. The molecule has 0 saturated carbocycles. The van der Waals surface area contributed by atoms with E-state index in [-0.39, 0.29) is 36.0 Å². The quantitative estimate of drug-likeness (QED) is 0.485. The highest BCUT2D eigenvalue weighted by atomic mass is 127. The molecule has 0 radical (unpaired) electrons. The third kappa shape index (κ3) is 6.07. The van der Waals surface area contributed by atoms with Crippen LogP contribution in [0.2, 0.25) is 0 Å². The van der Waals surface area contributed by atoms with Crippen molar-refractivity contribution in [1.82, 2.24) is 0 Å². The Balaban J connectivity index is 0.00000243. The molecule has 2 aromatic carbocycles. The molecule has 3 rings (SSSR count). The van der Waals surface area contributed by atoms with Gasteiger partial charge >= 0.3 is 0 Å². The Kier molecular flexibility index (Phi) is 8.58. The fraction of sp³-hybridized carbons (Fsp3) is 0.478. The van der Waals surface area contributed by atoms with Crippen molar-refractivity contribution in [2.24, 2.45) is 0 Å². The molecule has 1 N–H and O–H groups in total. The summed E-state index contributed by atoms with van der Waals surface area (Å²) in [6, 6.07) is 21.1. The van der Waals surface area contributed by atoms with Crippen molar-refractivity contribution in [3.05, 3.63) is 71.8 Å². The highest BCUT2D eigenvalue weighted by molar-refractivity contribution is 5.25. The van der Waals surface area contributed by atoms with Crippen LogP contribution in [0.4, 0.5) is 0 Å². The Morgan fingerprint density at radius 2 is 1.46 bits per heavy atom. The molecule has 0 amide bonds. The summed E-state index contributed by atoms with van der Waals surface area (Å²) in [7, 11) is 2.36. The number of aliphatic hydroxyl groups excluding tert-OH is 1. The number of hydrogen-bond donors (Lipinski definition) is 1. The first-order chi connectivity index (χ1) is 12.2. The Labute approximate surface area is 175 Å². The van der Waals surface area contributed by atoms with Crippen LogP contribution in [0.3, 0.4) is 0 Å². The highest BCUT2D eigenvalue weighted by Gasteiger charge is 2.28. The van der Waals surface area contributed by atoms with Gasteiger partial charge in [0.2, 0.25) is 0 Å². The van der Waals surface area contributed by atoms with Gasteiger partial charge in [0.1, 0.15) is 0 Å². The van der Waals surface area contributed by atoms with Crippen molar-refractivity contribution in [2.45, 2.75) is 44.1 Å². The van der Waals surface area contributed by atoms with Crippen LogP contribution < -0.4 is 24.0 Å². The average Bonchev–Trinajstić information content (AvgIpc) is 2.66. The molecule has 1 saturated heterocycles. The summed E-state index contributed by atoms with van der Waals surface area (Å²) in [6.45, 7) is 3.61. The fourth-order valence-electron chi connectivity index (χ4n) is 4.19. The van der Waals surface area contributed by atoms with Crippen LogP contribution in [0.25, 0.3) is 0 Å². The van der Waals surface area contributed by atoms with Gasteiger partial charge in [-0.3, -0.25) is 0 Å². The van der Waals surface area contributed by atoms with Gasteiger partial charge in [0.05, 0.1) is 32.8 Å². The zero-order valence-electron chi connectivity index (χ0n) is 15.9. The summed E-state index contributed by atoms with van der Waals surface area (Å²) in [4.78, 5) is 0. The van der Waals surface area contributed by atoms with Gasteiger partial charge in [-0.15, -0.1) is 0 Å². The molecule has 0 aromatic heterocycles. The van der Waals surface area contributed by atoms with E-state index in [9.17, 15) is 5.11 Å². The molecular formula is C23H32INO. The maximum absolute atomic E-state index is 11.1. The summed E-state index contributed by atoms with van der Waals surface area (Å²) >= 11 is 0. The van der Waals surface area contributed by atoms with E-state index < -0.39 is 0 Å². The molecule has 0 aliphatic carbocycles. The third-order valence-electron chi connectivity index (χ3n) is 5.85. The average molecular weight is 465 g/mol. The van der Waals surface area contributed by atoms with Crippen molar-refractivity contribution in [2.75, 3.05) is 26.7 Å². The van der Waals surface area contributed by atoms with Gasteiger partial charge in [-0.25, -0.2) is 0 Å². The lowest BCUT2D eigenvalue weighted by molar-refractivity contribution is -0.914. The molecule has 2 unspecified atom stereocenters. The van der Waals surface area contributed by atoms with Gasteiger partial charge in [0, 0.05) is 12.3 Å². The van der Waals surface area contributed by atoms with Crippen LogP contribution in [-0.4, -0.2) is 42.4 Å². The zero-order chi connectivity index (χ0) is 17.5. The summed E-state index contributed by atoms with van der Waals surface area (Å²) in [6.07, 6.45) is 5.52. The molecule has 3 heteroatoms. The van der Waals surface area contributed by atoms with E-state index in [0.717, 1.165) is 23.9 Å². The minimum atomic E-state index is -0.292. The van der Waals surface area contributed by atoms with E-state index in [1.165, 1.54) is 43.5 Å². The van der Waals surface area contributed by atoms with Crippen LogP contribution >= 0.6 is 0 Å². The Morgan fingerprint density at radius 3 is 2.08 bits per heavy atom. The molecule has 1 heterocycles. The molecule has 0 bridgehead atoms. The number of quaternary nitrogens is 1. The van der Waals surface area contributed by atoms with E-state index in [0.29, 0.717) is 0 Å². The van der Waals surface area contributed by atoms with E-state index >= 15 is 0 Å². The largest absolute Gasteiger partial charge is 1.00 e. The predicted octanol–water partition coefficient (Wildman–Crippen LogP) is 1.40.